The minimum atomic E-state index is -1.08. The van der Waals surface area contributed by atoms with Gasteiger partial charge in [0.1, 0.15) is 29.2 Å². The van der Waals surface area contributed by atoms with E-state index in [-0.39, 0.29) is 32.1 Å². The van der Waals surface area contributed by atoms with Gasteiger partial charge in [-0.05, 0) is 50.7 Å². The second kappa shape index (κ2) is 14.7. The molecule has 2 heterocycles. The quantitative estimate of drug-likeness (QED) is 0.130. The number of fused-ring (bicyclic) bond motifs is 1. The largest absolute Gasteiger partial charge is 0.497 e. The number of esters is 1. The third kappa shape index (κ3) is 7.11. The number of carbonyl (C=O) groups is 3. The lowest BCUT2D eigenvalue weighted by Gasteiger charge is -2.25. The first-order valence-corrected chi connectivity index (χ1v) is 16.1. The molecule has 4 atom stereocenters. The normalized spacial score (nSPS) is 21.8. The molecular formula is C36H43N3O7. The van der Waals surface area contributed by atoms with Crippen LogP contribution < -0.4 is 14.8 Å². The van der Waals surface area contributed by atoms with Crippen LogP contribution in [0.5, 0.6) is 11.5 Å². The number of nitrogens with one attached hydrogen (secondary N) is 1. The van der Waals surface area contributed by atoms with Crippen molar-refractivity contribution in [3.63, 3.8) is 0 Å². The zero-order chi connectivity index (χ0) is 32.7. The molecule has 1 N–H and O–H groups in total. The topological polar surface area (TPSA) is 116 Å². The van der Waals surface area contributed by atoms with Crippen LogP contribution in [-0.2, 0) is 19.1 Å². The summed E-state index contributed by atoms with van der Waals surface area (Å²) in [6.45, 7) is 8.02. The van der Waals surface area contributed by atoms with Gasteiger partial charge in [-0.25, -0.2) is 14.6 Å². The van der Waals surface area contributed by atoms with Crippen molar-refractivity contribution in [2.75, 3.05) is 26.9 Å². The van der Waals surface area contributed by atoms with E-state index >= 15 is 0 Å². The molecule has 10 nitrogen and oxygen atoms in total. The summed E-state index contributed by atoms with van der Waals surface area (Å²) in [7, 11) is 1.60. The summed E-state index contributed by atoms with van der Waals surface area (Å²) in [6.07, 6.45) is 4.50. The molecule has 5 rings (SSSR count). The number of pyridine rings is 1. The number of benzene rings is 2. The van der Waals surface area contributed by atoms with Crippen LogP contribution in [0, 0.1) is 5.92 Å². The van der Waals surface area contributed by atoms with Gasteiger partial charge in [0.2, 0.25) is 5.91 Å². The summed E-state index contributed by atoms with van der Waals surface area (Å²) in [4.78, 5) is 46.5. The van der Waals surface area contributed by atoms with Crippen LogP contribution in [0.25, 0.3) is 22.2 Å². The second-order valence-electron chi connectivity index (χ2n) is 11.8. The number of carbonyl (C=O) groups excluding carboxylic acids is 3. The van der Waals surface area contributed by atoms with Crippen molar-refractivity contribution in [1.29, 1.82) is 0 Å². The first kappa shape index (κ1) is 32.8. The predicted molar refractivity (Wildman–Crippen MR) is 175 cm³/mol. The number of hydrogen-bond acceptors (Lipinski definition) is 8. The number of unbranched alkanes of at least 4 members (excludes halogenated alkanes) is 2. The first-order chi connectivity index (χ1) is 22.3. The molecule has 2 aliphatic rings. The van der Waals surface area contributed by atoms with Crippen LogP contribution >= 0.6 is 0 Å². The molecule has 0 radical (unpaired) electrons. The smallest absolute Gasteiger partial charge is 0.410 e. The summed E-state index contributed by atoms with van der Waals surface area (Å²) >= 11 is 0. The van der Waals surface area contributed by atoms with Gasteiger partial charge in [-0.15, -0.1) is 6.58 Å². The summed E-state index contributed by atoms with van der Waals surface area (Å²) < 4.78 is 23.0. The van der Waals surface area contributed by atoms with Crippen molar-refractivity contribution in [3.05, 3.63) is 67.3 Å². The molecule has 46 heavy (non-hydrogen) atoms. The number of ether oxygens (including phenoxy) is 4. The van der Waals surface area contributed by atoms with E-state index in [4.69, 9.17) is 23.9 Å². The summed E-state index contributed by atoms with van der Waals surface area (Å²) in [6, 6.07) is 16.4. The molecule has 0 bridgehead atoms. The minimum absolute atomic E-state index is 0.0224. The summed E-state index contributed by atoms with van der Waals surface area (Å²) in [5, 5.41) is 3.74. The van der Waals surface area contributed by atoms with E-state index in [1.165, 1.54) is 4.90 Å². The zero-order valence-corrected chi connectivity index (χ0v) is 26.8. The van der Waals surface area contributed by atoms with Gasteiger partial charge in [0.15, 0.2) is 0 Å². The van der Waals surface area contributed by atoms with Gasteiger partial charge in [-0.2, -0.15) is 0 Å². The highest BCUT2D eigenvalue weighted by atomic mass is 16.6. The molecule has 1 saturated heterocycles. The number of methoxy groups -OCH3 is 1. The lowest BCUT2D eigenvalue weighted by atomic mass is 10.1. The maximum absolute atomic E-state index is 13.9. The van der Waals surface area contributed by atoms with E-state index in [0.29, 0.717) is 29.9 Å². The number of rotatable bonds is 14. The van der Waals surface area contributed by atoms with Crippen molar-refractivity contribution in [2.45, 2.75) is 70.1 Å². The lowest BCUT2D eigenvalue weighted by Crippen LogP contribution is -2.53. The van der Waals surface area contributed by atoms with E-state index in [1.54, 1.807) is 14.0 Å². The summed E-state index contributed by atoms with van der Waals surface area (Å²) in [5.41, 5.74) is 1.25. The predicted octanol–water partition coefficient (Wildman–Crippen LogP) is 6.07. The van der Waals surface area contributed by atoms with Crippen LogP contribution in [0.1, 0.15) is 52.4 Å². The van der Waals surface area contributed by atoms with Gasteiger partial charge in [0.25, 0.3) is 0 Å². The van der Waals surface area contributed by atoms with E-state index in [2.05, 4.69) is 11.9 Å². The van der Waals surface area contributed by atoms with E-state index in [1.807, 2.05) is 67.6 Å². The Labute approximate surface area is 270 Å². The molecular weight excluding hydrogens is 586 g/mol. The van der Waals surface area contributed by atoms with Crippen molar-refractivity contribution < 1.29 is 33.3 Å². The standard InChI is InChI=1S/C36H43N3O7/c1-5-8-9-13-18-45-35(42)39-23-27(20-31(39)33(40)38-36(22-25(36)6-2)34(41)44-7-3)46-32-21-29(24-14-11-10-12-15-24)37-30-19-26(43-4)16-17-28(30)32/h5,10-12,14-17,19,21,25,27,31H,1,6-9,13,18,20,22-23H2,2-4H3,(H,38,40)/t25-,27-,31+,36-/m1/s1. The monoisotopic (exact) mass is 629 g/mol. The fourth-order valence-electron chi connectivity index (χ4n) is 6.14. The van der Waals surface area contributed by atoms with E-state index < -0.39 is 35.7 Å². The number of aromatic nitrogens is 1. The third-order valence-corrected chi connectivity index (χ3v) is 8.75. The Balaban J connectivity index is 1.41. The van der Waals surface area contributed by atoms with Gasteiger partial charge in [0, 0.05) is 29.5 Å². The molecule has 0 unspecified atom stereocenters. The number of amides is 2. The fraction of sp³-hybridized carbons (Fsp3) is 0.444. The Morgan fingerprint density at radius 3 is 2.59 bits per heavy atom. The highest BCUT2D eigenvalue weighted by Crippen LogP contribution is 2.47. The van der Waals surface area contributed by atoms with Gasteiger partial charge in [-0.3, -0.25) is 9.69 Å². The minimum Gasteiger partial charge on any atom is -0.497 e. The van der Waals surface area contributed by atoms with Crippen LogP contribution in [0.4, 0.5) is 4.79 Å². The maximum atomic E-state index is 13.9. The average Bonchev–Trinajstić information content (AvgIpc) is 3.63. The maximum Gasteiger partial charge on any atom is 0.410 e. The number of allylic oxidation sites excluding steroid dienone is 1. The third-order valence-electron chi connectivity index (χ3n) is 8.75. The van der Waals surface area contributed by atoms with Crippen LogP contribution in [0.3, 0.4) is 0 Å². The van der Waals surface area contributed by atoms with Gasteiger partial charge < -0.3 is 24.3 Å². The highest BCUT2D eigenvalue weighted by Gasteiger charge is 2.62. The van der Waals surface area contributed by atoms with Crippen molar-refractivity contribution in [2.24, 2.45) is 5.92 Å². The van der Waals surface area contributed by atoms with Gasteiger partial charge >= 0.3 is 12.1 Å². The number of likely N-dealkylation sites (tertiary alicyclic amines) is 1. The Kier molecular flexibility index (Phi) is 10.4. The molecule has 1 aliphatic carbocycles. The molecule has 2 amide bonds. The van der Waals surface area contributed by atoms with Crippen molar-refractivity contribution in [1.82, 2.24) is 15.2 Å². The Morgan fingerprint density at radius 1 is 1.09 bits per heavy atom. The van der Waals surface area contributed by atoms with Crippen molar-refractivity contribution >= 4 is 28.9 Å². The molecule has 0 spiro atoms. The Morgan fingerprint density at radius 2 is 1.89 bits per heavy atom. The van der Waals surface area contributed by atoms with Crippen LogP contribution in [0.15, 0.2) is 67.3 Å². The molecule has 10 heteroatoms. The zero-order valence-electron chi connectivity index (χ0n) is 26.8. The number of nitrogens with zero attached hydrogens (tertiary/aromatic N) is 2. The Bertz CT molecular complexity index is 1560. The van der Waals surface area contributed by atoms with E-state index in [9.17, 15) is 14.4 Å². The molecule has 1 aliphatic heterocycles. The van der Waals surface area contributed by atoms with Crippen molar-refractivity contribution in [3.8, 4) is 22.8 Å². The highest BCUT2D eigenvalue weighted by molar-refractivity contribution is 5.95. The Hall–Kier alpha value is -4.60. The molecule has 1 saturated carbocycles. The van der Waals surface area contributed by atoms with Crippen LogP contribution in [-0.4, -0.2) is 72.4 Å². The second-order valence-corrected chi connectivity index (χ2v) is 11.8. The average molecular weight is 630 g/mol. The van der Waals surface area contributed by atoms with Gasteiger partial charge in [-0.1, -0.05) is 49.8 Å². The van der Waals surface area contributed by atoms with E-state index in [0.717, 1.165) is 35.9 Å². The molecule has 2 aromatic carbocycles. The molecule has 1 aromatic heterocycles. The fourth-order valence-corrected chi connectivity index (χ4v) is 6.14. The number of hydrogen-bond donors (Lipinski definition) is 1. The lowest BCUT2D eigenvalue weighted by molar-refractivity contribution is -0.149. The SMILES string of the molecule is C=CCCCCOC(=O)N1C[C@H](Oc2cc(-c3ccccc3)nc3cc(OC)ccc23)C[C@H]1C(=O)N[C@]1(C(=O)OCC)C[C@H]1CC. The first-order valence-electron chi connectivity index (χ1n) is 16.1. The van der Waals surface area contributed by atoms with Crippen LogP contribution in [0.2, 0.25) is 0 Å². The molecule has 2 fully saturated rings. The summed E-state index contributed by atoms with van der Waals surface area (Å²) in [5.74, 6) is 0.353. The van der Waals surface area contributed by atoms with Gasteiger partial charge in [0.05, 0.1) is 38.1 Å². The molecule has 3 aromatic rings. The molecule has 244 valence electrons.